The zero-order chi connectivity index (χ0) is 12.0. The highest BCUT2D eigenvalue weighted by Crippen LogP contribution is 2.26. The van der Waals surface area contributed by atoms with Gasteiger partial charge in [-0.3, -0.25) is 4.68 Å². The first-order valence-electron chi connectivity index (χ1n) is 5.02. The lowest BCUT2D eigenvalue weighted by Crippen LogP contribution is -2.33. The van der Waals surface area contributed by atoms with Crippen molar-refractivity contribution in [3.63, 3.8) is 0 Å². The number of sulfonamides is 1. The lowest BCUT2D eigenvalue weighted by molar-refractivity contribution is 0.0762. The van der Waals surface area contributed by atoms with Gasteiger partial charge in [0.05, 0.1) is 11.8 Å². The fourth-order valence-electron chi connectivity index (χ4n) is 1.79. The minimum atomic E-state index is -3.50. The number of nitrogens with zero attached hydrogens (tertiary/aromatic N) is 3. The van der Waals surface area contributed by atoms with Crippen LogP contribution < -0.4 is 0 Å². The van der Waals surface area contributed by atoms with Gasteiger partial charge in [0.15, 0.2) is 0 Å². The van der Waals surface area contributed by atoms with Crippen molar-refractivity contribution in [1.29, 1.82) is 0 Å². The molecule has 2 rings (SSSR count). The molecule has 90 valence electrons. The molecule has 1 saturated heterocycles. The van der Waals surface area contributed by atoms with Gasteiger partial charge in [-0.05, 0) is 13.3 Å². The lowest BCUT2D eigenvalue weighted by atomic mass is 10.1. The molecule has 0 spiro atoms. The Labute approximate surface area is 94.5 Å². The zero-order valence-corrected chi connectivity index (χ0v) is 10.1. The minimum absolute atomic E-state index is 0.143. The smallest absolute Gasteiger partial charge is 0.246 e. The average molecular weight is 245 g/mol. The zero-order valence-electron chi connectivity index (χ0n) is 9.29. The highest BCUT2D eigenvalue weighted by molar-refractivity contribution is 7.89. The molecule has 0 aromatic carbocycles. The van der Waals surface area contributed by atoms with E-state index in [-0.39, 0.29) is 11.4 Å². The van der Waals surface area contributed by atoms with Crippen LogP contribution in [0, 0.1) is 0 Å². The van der Waals surface area contributed by atoms with Crippen molar-refractivity contribution in [2.24, 2.45) is 7.05 Å². The number of rotatable bonds is 2. The third-order valence-electron chi connectivity index (χ3n) is 2.74. The Morgan fingerprint density at radius 3 is 2.69 bits per heavy atom. The fourth-order valence-corrected chi connectivity index (χ4v) is 3.33. The van der Waals surface area contributed by atoms with Crippen LogP contribution >= 0.6 is 0 Å². The van der Waals surface area contributed by atoms with Crippen LogP contribution in [0.2, 0.25) is 0 Å². The van der Waals surface area contributed by atoms with E-state index in [4.69, 9.17) is 0 Å². The molecule has 1 aliphatic heterocycles. The van der Waals surface area contributed by atoms with E-state index >= 15 is 0 Å². The first-order valence-corrected chi connectivity index (χ1v) is 6.46. The van der Waals surface area contributed by atoms with Gasteiger partial charge in [-0.2, -0.15) is 9.40 Å². The topological polar surface area (TPSA) is 75.4 Å². The molecule has 0 bridgehead atoms. The Morgan fingerprint density at radius 2 is 2.25 bits per heavy atom. The number of aryl methyl sites for hydroxylation is 1. The summed E-state index contributed by atoms with van der Waals surface area (Å²) in [5, 5.41) is 13.6. The van der Waals surface area contributed by atoms with E-state index in [1.165, 1.54) is 21.4 Å². The summed E-state index contributed by atoms with van der Waals surface area (Å²) >= 11 is 0. The van der Waals surface area contributed by atoms with Crippen molar-refractivity contribution < 1.29 is 13.5 Å². The van der Waals surface area contributed by atoms with Gasteiger partial charge in [0.25, 0.3) is 0 Å². The number of aromatic nitrogens is 2. The third kappa shape index (κ3) is 1.98. The van der Waals surface area contributed by atoms with Gasteiger partial charge in [0.1, 0.15) is 4.90 Å². The van der Waals surface area contributed by atoms with Gasteiger partial charge >= 0.3 is 0 Å². The van der Waals surface area contributed by atoms with Crippen molar-refractivity contribution >= 4 is 10.0 Å². The molecule has 1 atom stereocenters. The largest absolute Gasteiger partial charge is 0.389 e. The monoisotopic (exact) mass is 245 g/mol. The van der Waals surface area contributed by atoms with Gasteiger partial charge in [-0.15, -0.1) is 0 Å². The van der Waals surface area contributed by atoms with E-state index < -0.39 is 15.6 Å². The Morgan fingerprint density at radius 1 is 1.56 bits per heavy atom. The van der Waals surface area contributed by atoms with Crippen molar-refractivity contribution in [3.8, 4) is 0 Å². The summed E-state index contributed by atoms with van der Waals surface area (Å²) in [5.41, 5.74) is -0.921. The quantitative estimate of drug-likeness (QED) is 0.767. The van der Waals surface area contributed by atoms with E-state index in [0.29, 0.717) is 13.0 Å². The van der Waals surface area contributed by atoms with Crippen LogP contribution in [0.1, 0.15) is 13.3 Å². The molecule has 0 radical (unpaired) electrons. The molecule has 0 saturated carbocycles. The Kier molecular flexibility index (Phi) is 2.56. The molecule has 0 amide bonds. The Hall–Kier alpha value is -0.920. The Balaban J connectivity index is 2.28. The van der Waals surface area contributed by atoms with Crippen molar-refractivity contribution in [1.82, 2.24) is 14.1 Å². The second-order valence-electron chi connectivity index (χ2n) is 4.44. The molecule has 0 aliphatic carbocycles. The predicted octanol–water partition coefficient (Wildman–Crippen LogP) is -0.435. The molecule has 1 aromatic heterocycles. The summed E-state index contributed by atoms with van der Waals surface area (Å²) in [6, 6.07) is 0. The molecule has 16 heavy (non-hydrogen) atoms. The summed E-state index contributed by atoms with van der Waals surface area (Å²) in [4.78, 5) is 0.174. The summed E-state index contributed by atoms with van der Waals surface area (Å²) in [6.45, 7) is 2.14. The second-order valence-corrected chi connectivity index (χ2v) is 6.37. The SMILES string of the molecule is Cn1cc(S(=O)(=O)N2CCC(C)(O)C2)cn1. The minimum Gasteiger partial charge on any atom is -0.389 e. The van der Waals surface area contributed by atoms with Crippen LogP contribution in [-0.2, 0) is 17.1 Å². The van der Waals surface area contributed by atoms with E-state index in [9.17, 15) is 13.5 Å². The van der Waals surface area contributed by atoms with Gasteiger partial charge in [0.2, 0.25) is 10.0 Å². The summed E-state index contributed by atoms with van der Waals surface area (Å²) in [7, 11) is -1.83. The molecule has 1 fully saturated rings. The van der Waals surface area contributed by atoms with Gasteiger partial charge in [0, 0.05) is 26.3 Å². The maximum Gasteiger partial charge on any atom is 0.246 e. The Bertz CT molecular complexity index is 492. The van der Waals surface area contributed by atoms with Gasteiger partial charge in [-0.25, -0.2) is 8.42 Å². The molecule has 1 unspecified atom stereocenters. The number of hydrogen-bond acceptors (Lipinski definition) is 4. The highest BCUT2D eigenvalue weighted by atomic mass is 32.2. The molecule has 7 heteroatoms. The molecule has 1 aliphatic rings. The molecule has 1 N–H and O–H groups in total. The predicted molar refractivity (Wildman–Crippen MR) is 57.2 cm³/mol. The van der Waals surface area contributed by atoms with Crippen LogP contribution in [0.25, 0.3) is 0 Å². The summed E-state index contributed by atoms with van der Waals surface area (Å²) in [6.07, 6.45) is 3.25. The van der Waals surface area contributed by atoms with Crippen LogP contribution in [0.4, 0.5) is 0 Å². The number of aliphatic hydroxyl groups is 1. The normalized spacial score (nSPS) is 27.4. The van der Waals surface area contributed by atoms with E-state index in [1.807, 2.05) is 0 Å². The van der Waals surface area contributed by atoms with Crippen molar-refractivity contribution in [3.05, 3.63) is 12.4 Å². The summed E-state index contributed by atoms with van der Waals surface area (Å²) < 4.78 is 26.9. The molecular formula is C9H15N3O3S. The highest BCUT2D eigenvalue weighted by Gasteiger charge is 2.38. The molecular weight excluding hydrogens is 230 g/mol. The first kappa shape index (κ1) is 11.6. The second kappa shape index (κ2) is 3.54. The fraction of sp³-hybridized carbons (Fsp3) is 0.667. The molecule has 1 aromatic rings. The summed E-state index contributed by atoms with van der Waals surface area (Å²) in [5.74, 6) is 0. The maximum absolute atomic E-state index is 12.1. The maximum atomic E-state index is 12.1. The van der Waals surface area contributed by atoms with E-state index in [1.54, 1.807) is 14.0 Å². The van der Waals surface area contributed by atoms with E-state index in [2.05, 4.69) is 5.10 Å². The van der Waals surface area contributed by atoms with Crippen LogP contribution in [-0.4, -0.2) is 46.3 Å². The average Bonchev–Trinajstić information content (AvgIpc) is 2.72. The van der Waals surface area contributed by atoms with E-state index in [0.717, 1.165) is 0 Å². The van der Waals surface area contributed by atoms with Crippen LogP contribution in [0.15, 0.2) is 17.3 Å². The lowest BCUT2D eigenvalue weighted by Gasteiger charge is -2.17. The van der Waals surface area contributed by atoms with Gasteiger partial charge in [-0.1, -0.05) is 0 Å². The number of hydrogen-bond donors (Lipinski definition) is 1. The van der Waals surface area contributed by atoms with Crippen LogP contribution in [0.3, 0.4) is 0 Å². The van der Waals surface area contributed by atoms with Gasteiger partial charge < -0.3 is 5.11 Å². The molecule has 6 nitrogen and oxygen atoms in total. The van der Waals surface area contributed by atoms with Crippen molar-refractivity contribution in [2.75, 3.05) is 13.1 Å². The van der Waals surface area contributed by atoms with Crippen LogP contribution in [0.5, 0.6) is 0 Å². The number of β-amino-alcohol motifs (C(OH)–C–C–N with tert-alkyl or cyclic N) is 1. The standard InChI is InChI=1S/C9H15N3O3S/c1-9(13)3-4-12(7-9)16(14,15)8-5-10-11(2)6-8/h5-6,13H,3-4,7H2,1-2H3. The third-order valence-corrected chi connectivity index (χ3v) is 4.53. The first-order chi connectivity index (χ1) is 7.31. The molecule has 2 heterocycles. The van der Waals surface area contributed by atoms with Crippen molar-refractivity contribution in [2.45, 2.75) is 23.8 Å².